The van der Waals surface area contributed by atoms with Crippen LogP contribution in [-0.4, -0.2) is 73.5 Å². The molecule has 0 saturated carbocycles. The number of piperazine rings is 1. The van der Waals surface area contributed by atoms with Gasteiger partial charge in [0.25, 0.3) is 0 Å². The number of likely N-dealkylation sites (tertiary alicyclic amines) is 1. The molecule has 1 amide bonds. The largest absolute Gasteiger partial charge is 0.342 e. The van der Waals surface area contributed by atoms with Crippen LogP contribution in [-0.2, 0) is 4.79 Å². The number of hydrogen-bond donors (Lipinski definition) is 0. The number of likely N-dealkylation sites (N-methyl/N-ethyl adjacent to an activating group) is 1. The zero-order valence-corrected chi connectivity index (χ0v) is 11.6. The quantitative estimate of drug-likeness (QED) is 0.718. The first-order valence-electron chi connectivity index (χ1n) is 6.94. The Morgan fingerprint density at radius 1 is 0.941 bits per heavy atom. The van der Waals surface area contributed by atoms with Gasteiger partial charge < -0.3 is 9.80 Å². The van der Waals surface area contributed by atoms with Gasteiger partial charge in [-0.3, -0.25) is 9.69 Å². The Morgan fingerprint density at radius 3 is 2.00 bits per heavy atom. The minimum Gasteiger partial charge on any atom is -0.342 e. The Hall–Kier alpha value is -0.610. The van der Waals surface area contributed by atoms with E-state index in [9.17, 15) is 4.79 Å². The Kier molecular flexibility index (Phi) is 6.52. The van der Waals surface area contributed by atoms with Crippen molar-refractivity contribution < 1.29 is 4.79 Å². The fraction of sp³-hybridized carbons (Fsp3) is 0.923. The second-order valence-corrected chi connectivity index (χ2v) is 4.67. The average molecular weight is 241 g/mol. The van der Waals surface area contributed by atoms with Gasteiger partial charge in [-0.05, 0) is 19.9 Å². The fourth-order valence-corrected chi connectivity index (χ4v) is 2.26. The van der Waals surface area contributed by atoms with Crippen molar-refractivity contribution in [2.45, 2.75) is 26.7 Å². The smallest absolute Gasteiger partial charge is 0.236 e. The lowest BCUT2D eigenvalue weighted by atomic mass is 10.3. The van der Waals surface area contributed by atoms with Gasteiger partial charge in [0, 0.05) is 39.3 Å². The molecule has 0 atom stereocenters. The molecule has 2 fully saturated rings. The Labute approximate surface area is 106 Å². The summed E-state index contributed by atoms with van der Waals surface area (Å²) in [6.07, 6.45) is 2.38. The maximum atomic E-state index is 11.9. The molecule has 0 aromatic rings. The first-order chi connectivity index (χ1) is 8.25. The van der Waals surface area contributed by atoms with Crippen LogP contribution in [0.4, 0.5) is 0 Å². The number of carbonyl (C=O) groups is 1. The van der Waals surface area contributed by atoms with Gasteiger partial charge in [0.15, 0.2) is 0 Å². The van der Waals surface area contributed by atoms with E-state index in [1.54, 1.807) is 0 Å². The van der Waals surface area contributed by atoms with Gasteiger partial charge in [-0.1, -0.05) is 13.8 Å². The van der Waals surface area contributed by atoms with Gasteiger partial charge in [-0.15, -0.1) is 0 Å². The number of hydrogen-bond acceptors (Lipinski definition) is 3. The molecule has 0 spiro atoms. The van der Waals surface area contributed by atoms with Crippen molar-refractivity contribution in [2.24, 2.45) is 0 Å². The summed E-state index contributed by atoms with van der Waals surface area (Å²) in [4.78, 5) is 18.5. The molecular formula is C13H27N3O. The van der Waals surface area contributed by atoms with Crippen LogP contribution in [0.5, 0.6) is 0 Å². The minimum absolute atomic E-state index is 0.331. The standard InChI is InChI=1S/C11H21N3O.C2H6/c1-12-6-8-13(9-7-12)10-11(15)14-4-2-3-5-14;1-2/h2-10H2,1H3;1-2H3. The van der Waals surface area contributed by atoms with E-state index < -0.39 is 0 Å². The monoisotopic (exact) mass is 241 g/mol. The van der Waals surface area contributed by atoms with Crippen LogP contribution in [0.15, 0.2) is 0 Å². The number of amides is 1. The zero-order valence-electron chi connectivity index (χ0n) is 11.6. The third-order valence-electron chi connectivity index (χ3n) is 3.41. The summed E-state index contributed by atoms with van der Waals surface area (Å²) < 4.78 is 0. The zero-order chi connectivity index (χ0) is 12.7. The molecule has 0 bridgehead atoms. The summed E-state index contributed by atoms with van der Waals surface area (Å²) >= 11 is 0. The highest BCUT2D eigenvalue weighted by atomic mass is 16.2. The van der Waals surface area contributed by atoms with Crippen molar-refractivity contribution in [1.29, 1.82) is 0 Å². The normalized spacial score (nSPS) is 22.2. The topological polar surface area (TPSA) is 26.8 Å². The molecule has 0 aliphatic carbocycles. The van der Waals surface area contributed by atoms with Crippen LogP contribution < -0.4 is 0 Å². The second kappa shape index (κ2) is 7.67. The van der Waals surface area contributed by atoms with Gasteiger partial charge in [0.05, 0.1) is 6.54 Å². The second-order valence-electron chi connectivity index (χ2n) is 4.67. The van der Waals surface area contributed by atoms with E-state index in [2.05, 4.69) is 16.8 Å². The van der Waals surface area contributed by atoms with E-state index in [-0.39, 0.29) is 0 Å². The Balaban J connectivity index is 0.000000686. The third kappa shape index (κ3) is 4.64. The summed E-state index contributed by atoms with van der Waals surface area (Å²) in [6.45, 7) is 10.8. The van der Waals surface area contributed by atoms with Crippen molar-refractivity contribution in [3.8, 4) is 0 Å². The molecule has 2 saturated heterocycles. The molecule has 4 nitrogen and oxygen atoms in total. The van der Waals surface area contributed by atoms with E-state index in [1.807, 2.05) is 18.7 Å². The SMILES string of the molecule is CC.CN1CCN(CC(=O)N2CCCC2)CC1. The van der Waals surface area contributed by atoms with Crippen LogP contribution in [0.25, 0.3) is 0 Å². The predicted octanol–water partition coefficient (Wildman–Crippen LogP) is 0.882. The summed E-state index contributed by atoms with van der Waals surface area (Å²) in [7, 11) is 2.14. The van der Waals surface area contributed by atoms with Crippen molar-refractivity contribution in [1.82, 2.24) is 14.7 Å². The lowest BCUT2D eigenvalue weighted by molar-refractivity contribution is -0.131. The van der Waals surface area contributed by atoms with E-state index in [0.717, 1.165) is 39.3 Å². The molecule has 0 aromatic carbocycles. The molecule has 4 heteroatoms. The number of rotatable bonds is 2. The predicted molar refractivity (Wildman–Crippen MR) is 71.1 cm³/mol. The first kappa shape index (κ1) is 14.5. The van der Waals surface area contributed by atoms with E-state index in [4.69, 9.17) is 0 Å². The highest BCUT2D eigenvalue weighted by molar-refractivity contribution is 5.78. The first-order valence-corrected chi connectivity index (χ1v) is 6.94. The van der Waals surface area contributed by atoms with Crippen LogP contribution in [0.3, 0.4) is 0 Å². The van der Waals surface area contributed by atoms with Crippen molar-refractivity contribution in [2.75, 3.05) is 52.9 Å². The van der Waals surface area contributed by atoms with E-state index in [0.29, 0.717) is 12.5 Å². The van der Waals surface area contributed by atoms with Gasteiger partial charge in [-0.2, -0.15) is 0 Å². The van der Waals surface area contributed by atoms with Gasteiger partial charge in [0.2, 0.25) is 5.91 Å². The van der Waals surface area contributed by atoms with Crippen LogP contribution in [0.1, 0.15) is 26.7 Å². The lowest BCUT2D eigenvalue weighted by Gasteiger charge is -2.32. The van der Waals surface area contributed by atoms with E-state index in [1.165, 1.54) is 12.8 Å². The molecule has 0 unspecified atom stereocenters. The molecule has 2 rings (SSSR count). The molecule has 2 aliphatic heterocycles. The summed E-state index contributed by atoms with van der Waals surface area (Å²) in [5, 5.41) is 0. The molecule has 0 N–H and O–H groups in total. The van der Waals surface area contributed by atoms with Crippen molar-refractivity contribution in [3.05, 3.63) is 0 Å². The summed E-state index contributed by atoms with van der Waals surface area (Å²) in [5.41, 5.74) is 0. The number of carbonyl (C=O) groups excluding carboxylic acids is 1. The molecule has 17 heavy (non-hydrogen) atoms. The molecule has 2 aliphatic rings. The van der Waals surface area contributed by atoms with Crippen molar-refractivity contribution in [3.63, 3.8) is 0 Å². The maximum absolute atomic E-state index is 11.9. The van der Waals surface area contributed by atoms with Crippen LogP contribution in [0, 0.1) is 0 Å². The number of nitrogens with zero attached hydrogens (tertiary/aromatic N) is 3. The highest BCUT2D eigenvalue weighted by Gasteiger charge is 2.22. The lowest BCUT2D eigenvalue weighted by Crippen LogP contribution is -2.48. The summed E-state index contributed by atoms with van der Waals surface area (Å²) in [6, 6.07) is 0. The Bertz CT molecular complexity index is 219. The molecular weight excluding hydrogens is 214 g/mol. The molecule has 0 aromatic heterocycles. The van der Waals surface area contributed by atoms with E-state index >= 15 is 0 Å². The van der Waals surface area contributed by atoms with Crippen molar-refractivity contribution >= 4 is 5.91 Å². The fourth-order valence-electron chi connectivity index (χ4n) is 2.26. The van der Waals surface area contributed by atoms with Gasteiger partial charge in [-0.25, -0.2) is 0 Å². The minimum atomic E-state index is 0.331. The molecule has 2 heterocycles. The summed E-state index contributed by atoms with van der Waals surface area (Å²) in [5.74, 6) is 0.331. The maximum Gasteiger partial charge on any atom is 0.236 e. The molecule has 0 radical (unpaired) electrons. The van der Waals surface area contributed by atoms with Crippen LogP contribution in [0.2, 0.25) is 0 Å². The Morgan fingerprint density at radius 2 is 1.47 bits per heavy atom. The highest BCUT2D eigenvalue weighted by Crippen LogP contribution is 2.08. The van der Waals surface area contributed by atoms with Gasteiger partial charge in [0.1, 0.15) is 0 Å². The third-order valence-corrected chi connectivity index (χ3v) is 3.41. The van der Waals surface area contributed by atoms with Gasteiger partial charge >= 0.3 is 0 Å². The molecule has 100 valence electrons. The van der Waals surface area contributed by atoms with Crippen LogP contribution >= 0.6 is 0 Å². The average Bonchev–Trinajstić information content (AvgIpc) is 2.88.